The van der Waals surface area contributed by atoms with Crippen LogP contribution in [0.1, 0.15) is 23.7 Å². The minimum atomic E-state index is -0.496. The van der Waals surface area contributed by atoms with Crippen molar-refractivity contribution < 1.29 is 9.18 Å². The van der Waals surface area contributed by atoms with Crippen LogP contribution in [-0.2, 0) is 0 Å². The Balaban J connectivity index is 2.00. The molecule has 1 saturated carbocycles. The van der Waals surface area contributed by atoms with Crippen LogP contribution in [0.2, 0.25) is 0 Å². The van der Waals surface area contributed by atoms with E-state index in [2.05, 4.69) is 28.2 Å². The second-order valence-corrected chi connectivity index (χ2v) is 5.14. The number of benzene rings is 1. The number of rotatable bonds is 3. The highest BCUT2D eigenvalue weighted by molar-refractivity contribution is 9.10. The number of carbonyl (C=O) groups excluding carboxylic acids is 1. The SMILES string of the molecule is CC1CC1CNC(=O)c1cccc(Br)c1F. The Labute approximate surface area is 102 Å². The quantitative estimate of drug-likeness (QED) is 0.909. The Hall–Kier alpha value is -0.900. The van der Waals surface area contributed by atoms with Crippen LogP contribution in [0.25, 0.3) is 0 Å². The van der Waals surface area contributed by atoms with Crippen LogP contribution in [0.4, 0.5) is 4.39 Å². The summed E-state index contributed by atoms with van der Waals surface area (Å²) >= 11 is 3.06. The predicted octanol–water partition coefficient (Wildman–Crippen LogP) is 2.97. The lowest BCUT2D eigenvalue weighted by atomic mass is 10.2. The first-order valence-electron chi connectivity index (χ1n) is 5.32. The number of hydrogen-bond acceptors (Lipinski definition) is 1. The molecule has 86 valence electrons. The van der Waals surface area contributed by atoms with Crippen molar-refractivity contribution >= 4 is 21.8 Å². The summed E-state index contributed by atoms with van der Waals surface area (Å²) in [5.41, 5.74) is 0.0997. The van der Waals surface area contributed by atoms with Gasteiger partial charge in [-0.3, -0.25) is 4.79 Å². The van der Waals surface area contributed by atoms with Crippen molar-refractivity contribution in [3.8, 4) is 0 Å². The monoisotopic (exact) mass is 285 g/mol. The van der Waals surface area contributed by atoms with Gasteiger partial charge in [-0.25, -0.2) is 4.39 Å². The van der Waals surface area contributed by atoms with Crippen LogP contribution in [0, 0.1) is 17.7 Å². The first-order chi connectivity index (χ1) is 7.59. The summed E-state index contributed by atoms with van der Waals surface area (Å²) in [6, 6.07) is 4.72. The molecule has 2 atom stereocenters. The molecule has 2 nitrogen and oxygen atoms in total. The van der Waals surface area contributed by atoms with Crippen LogP contribution < -0.4 is 5.32 Å². The molecule has 1 N–H and O–H groups in total. The maximum atomic E-state index is 13.6. The molecule has 2 rings (SSSR count). The third kappa shape index (κ3) is 2.43. The molecule has 0 aliphatic heterocycles. The average Bonchev–Trinajstić information content (AvgIpc) is 2.95. The van der Waals surface area contributed by atoms with E-state index in [1.54, 1.807) is 12.1 Å². The van der Waals surface area contributed by atoms with Crippen LogP contribution in [0.5, 0.6) is 0 Å². The molecule has 0 saturated heterocycles. The zero-order valence-corrected chi connectivity index (χ0v) is 10.6. The summed E-state index contributed by atoms with van der Waals surface area (Å²) in [5, 5.41) is 2.76. The van der Waals surface area contributed by atoms with Gasteiger partial charge in [-0.15, -0.1) is 0 Å². The van der Waals surface area contributed by atoms with Crippen LogP contribution >= 0.6 is 15.9 Å². The Morgan fingerprint density at radius 3 is 2.94 bits per heavy atom. The van der Waals surface area contributed by atoms with Gasteiger partial charge < -0.3 is 5.32 Å². The number of carbonyl (C=O) groups is 1. The molecule has 16 heavy (non-hydrogen) atoms. The number of nitrogens with one attached hydrogen (secondary N) is 1. The van der Waals surface area contributed by atoms with Crippen molar-refractivity contribution in [2.45, 2.75) is 13.3 Å². The smallest absolute Gasteiger partial charge is 0.254 e. The average molecular weight is 286 g/mol. The van der Waals surface area contributed by atoms with Gasteiger partial charge in [0.15, 0.2) is 0 Å². The van der Waals surface area contributed by atoms with Gasteiger partial charge in [0.1, 0.15) is 5.82 Å². The zero-order valence-electron chi connectivity index (χ0n) is 8.97. The molecule has 0 spiro atoms. The molecule has 1 aromatic carbocycles. The molecule has 0 radical (unpaired) electrons. The fourth-order valence-corrected chi connectivity index (χ4v) is 2.05. The minimum Gasteiger partial charge on any atom is -0.352 e. The van der Waals surface area contributed by atoms with E-state index in [1.807, 2.05) is 0 Å². The molecular weight excluding hydrogens is 273 g/mol. The molecule has 1 aromatic rings. The lowest BCUT2D eigenvalue weighted by Gasteiger charge is -2.06. The molecule has 4 heteroatoms. The summed E-state index contributed by atoms with van der Waals surface area (Å²) in [4.78, 5) is 11.7. The molecule has 1 aliphatic rings. The van der Waals surface area contributed by atoms with Gasteiger partial charge in [-0.2, -0.15) is 0 Å². The van der Waals surface area contributed by atoms with E-state index in [1.165, 1.54) is 6.07 Å². The molecule has 2 unspecified atom stereocenters. The summed E-state index contributed by atoms with van der Waals surface area (Å²) < 4.78 is 13.9. The van der Waals surface area contributed by atoms with Crippen molar-refractivity contribution in [1.82, 2.24) is 5.32 Å². The normalized spacial score (nSPS) is 22.9. The Kier molecular flexibility index (Phi) is 3.28. The minimum absolute atomic E-state index is 0.0997. The lowest BCUT2D eigenvalue weighted by Crippen LogP contribution is -2.26. The number of halogens is 2. The van der Waals surface area contributed by atoms with E-state index >= 15 is 0 Å². The van der Waals surface area contributed by atoms with E-state index in [-0.39, 0.29) is 11.5 Å². The van der Waals surface area contributed by atoms with Gasteiger partial charge in [-0.05, 0) is 46.3 Å². The van der Waals surface area contributed by atoms with E-state index in [9.17, 15) is 9.18 Å². The first kappa shape index (κ1) is 11.6. The van der Waals surface area contributed by atoms with E-state index in [4.69, 9.17) is 0 Å². The summed E-state index contributed by atoms with van der Waals surface area (Å²) in [6.07, 6.45) is 1.15. The summed E-state index contributed by atoms with van der Waals surface area (Å²) in [6.45, 7) is 2.79. The van der Waals surface area contributed by atoms with Crippen molar-refractivity contribution in [3.63, 3.8) is 0 Å². The third-order valence-electron chi connectivity index (χ3n) is 3.00. The second-order valence-electron chi connectivity index (χ2n) is 4.28. The van der Waals surface area contributed by atoms with Crippen LogP contribution in [0.15, 0.2) is 22.7 Å². The largest absolute Gasteiger partial charge is 0.352 e. The lowest BCUT2D eigenvalue weighted by molar-refractivity contribution is 0.0947. The van der Waals surface area contributed by atoms with E-state index in [0.717, 1.165) is 6.42 Å². The zero-order chi connectivity index (χ0) is 11.7. The van der Waals surface area contributed by atoms with Gasteiger partial charge in [-0.1, -0.05) is 13.0 Å². The predicted molar refractivity (Wildman–Crippen MR) is 63.7 cm³/mol. The third-order valence-corrected chi connectivity index (χ3v) is 3.61. The molecular formula is C12H13BrFNO. The highest BCUT2D eigenvalue weighted by Crippen LogP contribution is 2.36. The number of hydrogen-bond donors (Lipinski definition) is 1. The molecule has 1 amide bonds. The maximum Gasteiger partial charge on any atom is 0.254 e. The molecule has 0 aromatic heterocycles. The highest BCUT2D eigenvalue weighted by Gasteiger charge is 2.32. The van der Waals surface area contributed by atoms with Gasteiger partial charge >= 0.3 is 0 Å². The van der Waals surface area contributed by atoms with Crippen LogP contribution in [-0.4, -0.2) is 12.5 Å². The van der Waals surface area contributed by atoms with Crippen molar-refractivity contribution in [2.75, 3.05) is 6.54 Å². The Morgan fingerprint density at radius 1 is 1.62 bits per heavy atom. The Bertz CT molecular complexity index is 421. The van der Waals surface area contributed by atoms with Crippen molar-refractivity contribution in [3.05, 3.63) is 34.1 Å². The van der Waals surface area contributed by atoms with Crippen molar-refractivity contribution in [1.29, 1.82) is 0 Å². The second kappa shape index (κ2) is 4.53. The van der Waals surface area contributed by atoms with E-state index in [0.29, 0.717) is 22.9 Å². The fourth-order valence-electron chi connectivity index (χ4n) is 1.68. The van der Waals surface area contributed by atoms with Crippen molar-refractivity contribution in [2.24, 2.45) is 11.8 Å². The van der Waals surface area contributed by atoms with Gasteiger partial charge in [0.2, 0.25) is 0 Å². The van der Waals surface area contributed by atoms with Crippen LogP contribution in [0.3, 0.4) is 0 Å². The van der Waals surface area contributed by atoms with Gasteiger partial charge in [0, 0.05) is 6.54 Å². The fraction of sp³-hybridized carbons (Fsp3) is 0.417. The summed E-state index contributed by atoms with van der Waals surface area (Å²) in [5.74, 6) is 0.425. The standard InChI is InChI=1S/C12H13BrFNO/c1-7-5-8(7)6-15-12(16)9-3-2-4-10(13)11(9)14/h2-4,7-8H,5-6H2,1H3,(H,15,16). The summed E-state index contributed by atoms with van der Waals surface area (Å²) in [7, 11) is 0. The highest BCUT2D eigenvalue weighted by atomic mass is 79.9. The topological polar surface area (TPSA) is 29.1 Å². The maximum absolute atomic E-state index is 13.6. The molecule has 0 bridgehead atoms. The Morgan fingerprint density at radius 2 is 2.31 bits per heavy atom. The number of amides is 1. The first-order valence-corrected chi connectivity index (χ1v) is 6.11. The van der Waals surface area contributed by atoms with E-state index < -0.39 is 5.82 Å². The van der Waals surface area contributed by atoms with Gasteiger partial charge in [0.25, 0.3) is 5.91 Å². The molecule has 1 fully saturated rings. The molecule has 0 heterocycles. The molecule has 1 aliphatic carbocycles. The van der Waals surface area contributed by atoms with Gasteiger partial charge in [0.05, 0.1) is 10.0 Å².